The fourth-order valence-electron chi connectivity index (χ4n) is 8.42. The third-order valence-electron chi connectivity index (χ3n) is 11.3. The molecule has 290 valence electrons. The average Bonchev–Trinajstić information content (AvgIpc) is 3.90. The van der Waals surface area contributed by atoms with Crippen LogP contribution in [0.3, 0.4) is 0 Å². The highest BCUT2D eigenvalue weighted by molar-refractivity contribution is 6.11. The third-order valence-corrected chi connectivity index (χ3v) is 11.3. The van der Waals surface area contributed by atoms with E-state index in [1.54, 1.807) is 0 Å². The molecule has 12 rings (SSSR count). The summed E-state index contributed by atoms with van der Waals surface area (Å²) in [5, 5.41) is 4.27. The number of benzene rings is 8. The van der Waals surface area contributed by atoms with Crippen LogP contribution in [0.15, 0.2) is 205 Å². The summed E-state index contributed by atoms with van der Waals surface area (Å²) in [5.41, 5.74) is 9.73. The molecule has 0 fully saturated rings. The Hall–Kier alpha value is -8.62. The Balaban J connectivity index is 1.08. The summed E-state index contributed by atoms with van der Waals surface area (Å²) in [6.45, 7) is 0. The molecule has 0 aliphatic rings. The normalized spacial score (nSPS) is 11.5. The molecular weight excluding hydrogens is 763 g/mol. The molecule has 4 aromatic heterocycles. The van der Waals surface area contributed by atoms with Gasteiger partial charge < -0.3 is 8.98 Å². The summed E-state index contributed by atoms with van der Waals surface area (Å²) in [6, 6.07) is 67.6. The highest BCUT2D eigenvalue weighted by Crippen LogP contribution is 2.39. The van der Waals surface area contributed by atoms with E-state index in [2.05, 4.69) is 77.4 Å². The molecule has 8 heteroatoms. The average molecular weight is 796 g/mol. The highest BCUT2D eigenvalue weighted by Gasteiger charge is 2.22. The van der Waals surface area contributed by atoms with E-state index in [1.165, 1.54) is 0 Å². The lowest BCUT2D eigenvalue weighted by atomic mass is 10.1. The number of rotatable bonds is 7. The minimum absolute atomic E-state index is 0.530. The van der Waals surface area contributed by atoms with Gasteiger partial charge >= 0.3 is 0 Å². The van der Waals surface area contributed by atoms with Crippen molar-refractivity contribution < 1.29 is 4.42 Å². The Morgan fingerprint density at radius 3 is 1.44 bits per heavy atom. The molecule has 0 N–H and O–H groups in total. The van der Waals surface area contributed by atoms with Crippen LogP contribution in [0.5, 0.6) is 0 Å². The lowest BCUT2D eigenvalue weighted by Gasteiger charge is -2.15. The van der Waals surface area contributed by atoms with Crippen LogP contribution < -0.4 is 0 Å². The van der Waals surface area contributed by atoms with Crippen LogP contribution in [-0.4, -0.2) is 34.5 Å². The molecule has 8 aromatic carbocycles. The molecule has 4 heterocycles. The molecule has 0 amide bonds. The summed E-state index contributed by atoms with van der Waals surface area (Å²) in [6.07, 6.45) is 0. The van der Waals surface area contributed by atoms with E-state index < -0.39 is 0 Å². The topological polar surface area (TPSA) is 95.4 Å². The van der Waals surface area contributed by atoms with E-state index in [1.807, 2.05) is 127 Å². The Kier molecular flexibility index (Phi) is 8.31. The van der Waals surface area contributed by atoms with Gasteiger partial charge in [0.15, 0.2) is 34.9 Å². The third kappa shape index (κ3) is 6.00. The Bertz CT molecular complexity index is 3580. The van der Waals surface area contributed by atoms with Crippen LogP contribution in [-0.2, 0) is 0 Å². The van der Waals surface area contributed by atoms with Crippen LogP contribution in [0.1, 0.15) is 0 Å². The van der Waals surface area contributed by atoms with Gasteiger partial charge in [-0.25, -0.2) is 29.9 Å². The maximum atomic E-state index is 6.48. The second-order valence-corrected chi connectivity index (χ2v) is 15.1. The smallest absolute Gasteiger partial charge is 0.167 e. The van der Waals surface area contributed by atoms with Crippen molar-refractivity contribution in [2.75, 3.05) is 0 Å². The second-order valence-electron chi connectivity index (χ2n) is 15.1. The zero-order valence-electron chi connectivity index (χ0n) is 33.1. The van der Waals surface area contributed by atoms with E-state index in [0.29, 0.717) is 34.9 Å². The Morgan fingerprint density at radius 1 is 0.306 bits per heavy atom. The predicted octanol–water partition coefficient (Wildman–Crippen LogP) is 13.1. The van der Waals surface area contributed by atoms with Gasteiger partial charge in [0.25, 0.3) is 0 Å². The van der Waals surface area contributed by atoms with E-state index in [0.717, 1.165) is 82.8 Å². The minimum atomic E-state index is 0.530. The second kappa shape index (κ2) is 14.6. The lowest BCUT2D eigenvalue weighted by molar-refractivity contribution is 0.669. The zero-order valence-corrected chi connectivity index (χ0v) is 33.1. The van der Waals surface area contributed by atoms with Crippen molar-refractivity contribution in [2.45, 2.75) is 0 Å². The SMILES string of the molecule is c1ccc(-c2nc(-c3ccccc3)nc(-c3ccccc3-n3c4ccccc4c4ccc(-c5nc(-c6ccccc6)nc(-c6cccc7c6oc6ccccc67)n5)cc43)n2)cc1. The number of hydrogen-bond donors (Lipinski definition) is 0. The summed E-state index contributed by atoms with van der Waals surface area (Å²) in [7, 11) is 0. The van der Waals surface area contributed by atoms with Crippen LogP contribution >= 0.6 is 0 Å². The van der Waals surface area contributed by atoms with Crippen LogP contribution in [0.25, 0.3) is 118 Å². The summed E-state index contributed by atoms with van der Waals surface area (Å²) in [5.74, 6) is 3.43. The molecule has 0 bridgehead atoms. The fraction of sp³-hybridized carbons (Fsp3) is 0. The molecule has 0 radical (unpaired) electrons. The molecule has 0 spiro atoms. The van der Waals surface area contributed by atoms with Crippen LogP contribution in [0.4, 0.5) is 0 Å². The number of nitrogens with zero attached hydrogens (tertiary/aromatic N) is 7. The standard InChI is InChI=1S/C54H33N7O/c1-4-17-34(18-5-1)49-55-50(35-19-6-2-7-20-35)58-53(57-49)42-25-11-14-29-45(42)61-44-28-13-10-23-38(44)39-32-31-37(33-46(39)61)52-56-51(36-21-8-3-9-22-36)59-54(60-52)43-27-16-26-41-40-24-12-15-30-47(40)62-48(41)43/h1-33H. The first kappa shape index (κ1) is 35.3. The number of hydrogen-bond acceptors (Lipinski definition) is 7. The van der Waals surface area contributed by atoms with Gasteiger partial charge in [0.1, 0.15) is 11.2 Å². The summed E-state index contributed by atoms with van der Waals surface area (Å²) >= 11 is 0. The van der Waals surface area contributed by atoms with Crippen LogP contribution in [0, 0.1) is 0 Å². The van der Waals surface area contributed by atoms with Gasteiger partial charge in [-0.2, -0.15) is 0 Å². The summed E-state index contributed by atoms with van der Waals surface area (Å²) < 4.78 is 8.78. The molecule has 0 saturated carbocycles. The molecule has 12 aromatic rings. The maximum absolute atomic E-state index is 6.48. The van der Waals surface area contributed by atoms with E-state index in [4.69, 9.17) is 34.3 Å². The van der Waals surface area contributed by atoms with Gasteiger partial charge in [0.2, 0.25) is 0 Å². The van der Waals surface area contributed by atoms with Crippen LogP contribution in [0.2, 0.25) is 0 Å². The zero-order chi connectivity index (χ0) is 41.0. The molecule has 0 aliphatic carbocycles. The molecule has 0 atom stereocenters. The van der Waals surface area contributed by atoms with Crippen molar-refractivity contribution in [3.05, 3.63) is 200 Å². The van der Waals surface area contributed by atoms with Crippen molar-refractivity contribution in [3.63, 3.8) is 0 Å². The minimum Gasteiger partial charge on any atom is -0.455 e. The molecule has 8 nitrogen and oxygen atoms in total. The van der Waals surface area contributed by atoms with Gasteiger partial charge in [0.05, 0.1) is 22.3 Å². The predicted molar refractivity (Wildman–Crippen MR) is 247 cm³/mol. The molecule has 0 saturated heterocycles. The molecular formula is C54H33N7O. The Morgan fingerprint density at radius 2 is 0.774 bits per heavy atom. The van der Waals surface area contributed by atoms with Gasteiger partial charge in [-0.3, -0.25) is 0 Å². The molecule has 62 heavy (non-hydrogen) atoms. The summed E-state index contributed by atoms with van der Waals surface area (Å²) in [4.78, 5) is 30.7. The number of furan rings is 1. The molecule has 0 aliphatic heterocycles. The lowest BCUT2D eigenvalue weighted by Crippen LogP contribution is -2.03. The number of aromatic nitrogens is 7. The van der Waals surface area contributed by atoms with E-state index >= 15 is 0 Å². The first-order valence-corrected chi connectivity index (χ1v) is 20.5. The Labute approximate surface area is 355 Å². The van der Waals surface area contributed by atoms with Gasteiger partial charge in [-0.05, 0) is 36.4 Å². The highest BCUT2D eigenvalue weighted by atomic mass is 16.3. The quantitative estimate of drug-likeness (QED) is 0.158. The largest absolute Gasteiger partial charge is 0.455 e. The number of fused-ring (bicyclic) bond motifs is 6. The first-order valence-electron chi connectivity index (χ1n) is 20.5. The van der Waals surface area contributed by atoms with Crippen molar-refractivity contribution in [3.8, 4) is 74.0 Å². The number of para-hydroxylation sites is 4. The first-order chi connectivity index (χ1) is 30.7. The van der Waals surface area contributed by atoms with Crippen molar-refractivity contribution in [1.82, 2.24) is 34.5 Å². The fourth-order valence-corrected chi connectivity index (χ4v) is 8.42. The van der Waals surface area contributed by atoms with Gasteiger partial charge in [-0.1, -0.05) is 164 Å². The molecule has 0 unspecified atom stereocenters. The van der Waals surface area contributed by atoms with E-state index in [-0.39, 0.29) is 0 Å². The van der Waals surface area contributed by atoms with Gasteiger partial charge in [0, 0.05) is 49.4 Å². The van der Waals surface area contributed by atoms with E-state index in [9.17, 15) is 0 Å². The van der Waals surface area contributed by atoms with Crippen molar-refractivity contribution in [2.24, 2.45) is 0 Å². The van der Waals surface area contributed by atoms with Crippen molar-refractivity contribution >= 4 is 43.7 Å². The maximum Gasteiger partial charge on any atom is 0.167 e. The van der Waals surface area contributed by atoms with Crippen molar-refractivity contribution in [1.29, 1.82) is 0 Å². The monoisotopic (exact) mass is 795 g/mol. The van der Waals surface area contributed by atoms with Gasteiger partial charge in [-0.15, -0.1) is 0 Å².